The molecule has 1 atom stereocenters. The van der Waals surface area contributed by atoms with Crippen molar-refractivity contribution in [3.8, 4) is 0 Å². The fourth-order valence-corrected chi connectivity index (χ4v) is 2.49. The average Bonchev–Trinajstić information content (AvgIpc) is 2.27. The highest BCUT2D eigenvalue weighted by molar-refractivity contribution is 5.75. The summed E-state index contributed by atoms with van der Waals surface area (Å²) in [5.74, 6) is 0.805. The van der Waals surface area contributed by atoms with E-state index in [9.17, 15) is 9.90 Å². The molecule has 1 fully saturated rings. The van der Waals surface area contributed by atoms with Crippen LogP contribution in [0, 0.1) is 5.92 Å². The summed E-state index contributed by atoms with van der Waals surface area (Å²) in [5.41, 5.74) is 5.85. The van der Waals surface area contributed by atoms with Gasteiger partial charge in [-0.25, -0.2) is 0 Å². The number of likely N-dealkylation sites (N-methyl/N-ethyl adjacent to an activating group) is 1. The van der Waals surface area contributed by atoms with Crippen LogP contribution in [0.25, 0.3) is 0 Å². The van der Waals surface area contributed by atoms with Crippen LogP contribution in [0.2, 0.25) is 0 Å². The molecule has 0 heterocycles. The molecule has 1 unspecified atom stereocenters. The van der Waals surface area contributed by atoms with Gasteiger partial charge in [0.15, 0.2) is 0 Å². The first-order chi connectivity index (χ1) is 7.99. The van der Waals surface area contributed by atoms with E-state index in [0.717, 1.165) is 32.1 Å². The van der Waals surface area contributed by atoms with Crippen LogP contribution in [0.1, 0.15) is 45.4 Å². The maximum Gasteiger partial charge on any atom is 0.222 e. The van der Waals surface area contributed by atoms with E-state index in [4.69, 9.17) is 5.73 Å². The number of aliphatic hydroxyl groups excluding tert-OH is 1. The van der Waals surface area contributed by atoms with Crippen molar-refractivity contribution >= 4 is 5.91 Å². The van der Waals surface area contributed by atoms with E-state index in [0.29, 0.717) is 24.9 Å². The molecule has 100 valence electrons. The number of nitrogens with zero attached hydrogens (tertiary/aromatic N) is 1. The average molecular weight is 242 g/mol. The lowest BCUT2D eigenvalue weighted by atomic mass is 9.84. The van der Waals surface area contributed by atoms with Gasteiger partial charge in [0.05, 0.1) is 6.10 Å². The molecule has 1 aliphatic rings. The number of carbonyl (C=O) groups is 1. The van der Waals surface area contributed by atoms with Crippen LogP contribution in [0.15, 0.2) is 0 Å². The Morgan fingerprint density at radius 3 is 2.53 bits per heavy atom. The molecule has 17 heavy (non-hydrogen) atoms. The molecular weight excluding hydrogens is 216 g/mol. The molecule has 4 nitrogen and oxygen atoms in total. The van der Waals surface area contributed by atoms with Crippen LogP contribution in [-0.4, -0.2) is 41.7 Å². The third-order valence-electron chi connectivity index (χ3n) is 3.62. The molecule has 0 aromatic rings. The first kappa shape index (κ1) is 14.5. The van der Waals surface area contributed by atoms with E-state index in [1.54, 1.807) is 18.9 Å². The van der Waals surface area contributed by atoms with E-state index < -0.39 is 6.10 Å². The van der Waals surface area contributed by atoms with Crippen LogP contribution < -0.4 is 5.73 Å². The summed E-state index contributed by atoms with van der Waals surface area (Å²) >= 11 is 0. The summed E-state index contributed by atoms with van der Waals surface area (Å²) in [6.07, 6.45) is 5.64. The van der Waals surface area contributed by atoms with E-state index >= 15 is 0 Å². The highest BCUT2D eigenvalue weighted by atomic mass is 16.3. The summed E-state index contributed by atoms with van der Waals surface area (Å²) in [6.45, 7) is 2.13. The third-order valence-corrected chi connectivity index (χ3v) is 3.62. The zero-order valence-corrected chi connectivity index (χ0v) is 11.1. The molecule has 1 aliphatic carbocycles. The molecule has 3 N–H and O–H groups in total. The van der Waals surface area contributed by atoms with Gasteiger partial charge in [-0.2, -0.15) is 0 Å². The first-order valence-electron chi connectivity index (χ1n) is 6.66. The SMILES string of the molecule is CC(O)CN(C)C(=O)CCC1CCC(N)CC1. The van der Waals surface area contributed by atoms with Gasteiger partial charge in [0.25, 0.3) is 0 Å². The number of rotatable bonds is 5. The molecule has 0 aromatic heterocycles. The van der Waals surface area contributed by atoms with Crippen LogP contribution in [-0.2, 0) is 4.79 Å². The molecular formula is C13H26N2O2. The first-order valence-corrected chi connectivity index (χ1v) is 6.66. The second kappa shape index (κ2) is 6.97. The molecule has 0 bridgehead atoms. The molecule has 1 amide bonds. The van der Waals surface area contributed by atoms with Crippen LogP contribution in [0.4, 0.5) is 0 Å². The zero-order chi connectivity index (χ0) is 12.8. The van der Waals surface area contributed by atoms with Crippen LogP contribution in [0.3, 0.4) is 0 Å². The van der Waals surface area contributed by atoms with Gasteiger partial charge < -0.3 is 15.7 Å². The zero-order valence-electron chi connectivity index (χ0n) is 11.1. The van der Waals surface area contributed by atoms with Crippen molar-refractivity contribution in [1.82, 2.24) is 4.90 Å². The summed E-state index contributed by atoms with van der Waals surface area (Å²) in [4.78, 5) is 13.4. The van der Waals surface area contributed by atoms with Gasteiger partial charge in [0.2, 0.25) is 5.91 Å². The standard InChI is InChI=1S/C13H26N2O2/c1-10(16)9-15(2)13(17)8-5-11-3-6-12(14)7-4-11/h10-12,16H,3-9,14H2,1-2H3. The molecule has 4 heteroatoms. The Morgan fingerprint density at radius 2 is 2.00 bits per heavy atom. The molecule has 0 radical (unpaired) electrons. The second-order valence-electron chi connectivity index (χ2n) is 5.44. The van der Waals surface area contributed by atoms with Crippen molar-refractivity contribution in [2.75, 3.05) is 13.6 Å². The van der Waals surface area contributed by atoms with Gasteiger partial charge in [-0.1, -0.05) is 0 Å². The Morgan fingerprint density at radius 1 is 1.41 bits per heavy atom. The van der Waals surface area contributed by atoms with Crippen molar-refractivity contribution in [3.05, 3.63) is 0 Å². The molecule has 0 spiro atoms. The smallest absolute Gasteiger partial charge is 0.222 e. The largest absolute Gasteiger partial charge is 0.392 e. The maximum atomic E-state index is 11.8. The fraction of sp³-hybridized carbons (Fsp3) is 0.923. The van der Waals surface area contributed by atoms with E-state index in [2.05, 4.69) is 0 Å². The second-order valence-corrected chi connectivity index (χ2v) is 5.44. The van der Waals surface area contributed by atoms with Crippen LogP contribution >= 0.6 is 0 Å². The van der Waals surface area contributed by atoms with Crippen molar-refractivity contribution in [2.24, 2.45) is 11.7 Å². The summed E-state index contributed by atoms with van der Waals surface area (Å²) in [5, 5.41) is 9.21. The van der Waals surface area contributed by atoms with E-state index in [-0.39, 0.29) is 5.91 Å². The Kier molecular flexibility index (Phi) is 5.92. The van der Waals surface area contributed by atoms with Gasteiger partial charge in [-0.15, -0.1) is 0 Å². The molecule has 0 saturated heterocycles. The Labute approximate surface area is 104 Å². The number of aliphatic hydroxyl groups is 1. The van der Waals surface area contributed by atoms with E-state index in [1.807, 2.05) is 0 Å². The highest BCUT2D eigenvalue weighted by Crippen LogP contribution is 2.26. The molecule has 1 rings (SSSR count). The minimum atomic E-state index is -0.448. The number of nitrogens with two attached hydrogens (primary N) is 1. The molecule has 0 aliphatic heterocycles. The van der Waals surface area contributed by atoms with Gasteiger partial charge >= 0.3 is 0 Å². The Bertz CT molecular complexity index is 236. The quantitative estimate of drug-likeness (QED) is 0.759. The monoisotopic (exact) mass is 242 g/mol. The summed E-state index contributed by atoms with van der Waals surface area (Å²) in [6, 6.07) is 0.375. The predicted octanol–water partition coefficient (Wildman–Crippen LogP) is 1.12. The lowest BCUT2D eigenvalue weighted by molar-refractivity contribution is -0.131. The van der Waals surface area contributed by atoms with Gasteiger partial charge in [0.1, 0.15) is 0 Å². The summed E-state index contributed by atoms with van der Waals surface area (Å²) < 4.78 is 0. The topological polar surface area (TPSA) is 66.6 Å². The number of amides is 1. The minimum absolute atomic E-state index is 0.140. The number of hydrogen-bond donors (Lipinski definition) is 2. The Balaban J connectivity index is 2.19. The molecule has 0 aromatic carbocycles. The van der Waals surface area contributed by atoms with Gasteiger partial charge in [0, 0.05) is 26.1 Å². The fourth-order valence-electron chi connectivity index (χ4n) is 2.49. The molecule has 1 saturated carbocycles. The number of carbonyl (C=O) groups excluding carboxylic acids is 1. The minimum Gasteiger partial charge on any atom is -0.392 e. The lowest BCUT2D eigenvalue weighted by Crippen LogP contribution is -2.33. The van der Waals surface area contributed by atoms with Gasteiger partial charge in [-0.3, -0.25) is 4.79 Å². The maximum absolute atomic E-state index is 11.8. The van der Waals surface area contributed by atoms with Crippen LogP contribution in [0.5, 0.6) is 0 Å². The normalized spacial score (nSPS) is 26.6. The van der Waals surface area contributed by atoms with E-state index in [1.165, 1.54) is 0 Å². The third kappa shape index (κ3) is 5.50. The van der Waals surface area contributed by atoms with Gasteiger partial charge in [-0.05, 0) is 44.9 Å². The Hall–Kier alpha value is -0.610. The lowest BCUT2D eigenvalue weighted by Gasteiger charge is -2.26. The van der Waals surface area contributed by atoms with Crippen molar-refractivity contribution in [1.29, 1.82) is 0 Å². The predicted molar refractivity (Wildman–Crippen MR) is 68.5 cm³/mol. The van der Waals surface area contributed by atoms with Crippen molar-refractivity contribution < 1.29 is 9.90 Å². The van der Waals surface area contributed by atoms with Crippen molar-refractivity contribution in [2.45, 2.75) is 57.6 Å². The highest BCUT2D eigenvalue weighted by Gasteiger charge is 2.20. The van der Waals surface area contributed by atoms with Crippen molar-refractivity contribution in [3.63, 3.8) is 0 Å². The number of hydrogen-bond acceptors (Lipinski definition) is 3. The summed E-state index contributed by atoms with van der Waals surface area (Å²) in [7, 11) is 1.76.